The van der Waals surface area contributed by atoms with Crippen LogP contribution in [0, 0.1) is 43.1 Å². The minimum Gasteiger partial charge on any atom is -0.480 e. The Bertz CT molecular complexity index is 1080. The van der Waals surface area contributed by atoms with Gasteiger partial charge in [-0.25, -0.2) is 10.1 Å². The van der Waals surface area contributed by atoms with E-state index in [1.807, 2.05) is 51.1 Å². The van der Waals surface area contributed by atoms with Gasteiger partial charge in [0.1, 0.15) is 5.75 Å². The first-order chi connectivity index (χ1) is 14.4. The molecule has 6 nitrogen and oxygen atoms in total. The summed E-state index contributed by atoms with van der Waals surface area (Å²) >= 11 is 0. The van der Waals surface area contributed by atoms with E-state index in [9.17, 15) is 4.79 Å². The van der Waals surface area contributed by atoms with Crippen LogP contribution in [0.5, 0.6) is 5.75 Å². The van der Waals surface area contributed by atoms with Crippen molar-refractivity contribution in [2.45, 2.75) is 39.7 Å². The van der Waals surface area contributed by atoms with Crippen molar-refractivity contribution in [3.05, 3.63) is 76.3 Å². The molecular formula is C24H22N4O2. The Balaban J connectivity index is 2.25. The van der Waals surface area contributed by atoms with Gasteiger partial charge in [0, 0.05) is 5.69 Å². The van der Waals surface area contributed by atoms with Crippen molar-refractivity contribution >= 4 is 17.2 Å². The average Bonchev–Trinajstić information content (AvgIpc) is 2.73. The fourth-order valence-electron chi connectivity index (χ4n) is 2.98. The number of rotatable bonds is 7. The molecule has 30 heavy (non-hydrogen) atoms. The number of anilines is 1. The average molecular weight is 398 g/mol. The lowest BCUT2D eigenvalue weighted by Crippen LogP contribution is -2.32. The zero-order valence-corrected chi connectivity index (χ0v) is 17.2. The first-order valence-corrected chi connectivity index (χ1v) is 9.46. The first-order valence-electron chi connectivity index (χ1n) is 9.46. The highest BCUT2D eigenvalue weighted by molar-refractivity contribution is 5.95. The second-order valence-corrected chi connectivity index (χ2v) is 6.74. The van der Waals surface area contributed by atoms with E-state index in [2.05, 4.69) is 10.2 Å². The van der Waals surface area contributed by atoms with Crippen molar-refractivity contribution in [3.63, 3.8) is 0 Å². The summed E-state index contributed by atoms with van der Waals surface area (Å²) in [7, 11) is 0. The van der Waals surface area contributed by atoms with Crippen LogP contribution in [0.2, 0.25) is 0 Å². The van der Waals surface area contributed by atoms with Crippen molar-refractivity contribution in [2.75, 3.05) is 5.32 Å². The Kier molecular flexibility index (Phi) is 7.74. The van der Waals surface area contributed by atoms with E-state index in [0.717, 1.165) is 11.1 Å². The maximum absolute atomic E-state index is 12.8. The molecule has 0 aromatic heterocycles. The molecule has 150 valence electrons. The lowest BCUT2D eigenvalue weighted by molar-refractivity contribution is -0.122. The van der Waals surface area contributed by atoms with Crippen LogP contribution in [-0.4, -0.2) is 12.0 Å². The molecule has 0 saturated carbocycles. The Morgan fingerprint density at radius 3 is 2.60 bits per heavy atom. The van der Waals surface area contributed by atoms with Gasteiger partial charge in [-0.3, -0.25) is 4.79 Å². The number of ether oxygens (including phenoxy) is 1. The van der Waals surface area contributed by atoms with E-state index in [0.29, 0.717) is 29.0 Å². The van der Waals surface area contributed by atoms with Crippen LogP contribution < -0.4 is 10.1 Å². The number of aryl methyl sites for hydroxylation is 2. The molecule has 0 radical (unpaired) electrons. The fourth-order valence-corrected chi connectivity index (χ4v) is 2.98. The maximum atomic E-state index is 12.8. The van der Waals surface area contributed by atoms with Gasteiger partial charge >= 0.3 is 0 Å². The van der Waals surface area contributed by atoms with Crippen LogP contribution in [0.25, 0.3) is 10.4 Å². The molecule has 2 aromatic rings. The Morgan fingerprint density at radius 2 is 2.00 bits per heavy atom. The Labute approximate surface area is 176 Å². The Morgan fingerprint density at radius 1 is 1.23 bits per heavy atom. The van der Waals surface area contributed by atoms with Crippen molar-refractivity contribution in [1.29, 1.82) is 10.5 Å². The minimum absolute atomic E-state index is 0.0733. The van der Waals surface area contributed by atoms with Crippen LogP contribution in [0.4, 0.5) is 5.69 Å². The number of nitrogens with one attached hydrogen (secondary N) is 1. The van der Waals surface area contributed by atoms with E-state index < -0.39 is 6.10 Å². The van der Waals surface area contributed by atoms with Crippen LogP contribution in [0.3, 0.4) is 0 Å². The molecule has 1 amide bonds. The summed E-state index contributed by atoms with van der Waals surface area (Å²) in [4.78, 5) is 16.0. The van der Waals surface area contributed by atoms with Crippen LogP contribution in [0.1, 0.15) is 36.5 Å². The summed E-state index contributed by atoms with van der Waals surface area (Å²) in [5.74, 6) is 0.359. The number of carbonyl (C=O) groups is 1. The smallest absolute Gasteiger partial charge is 0.266 e. The maximum Gasteiger partial charge on any atom is 0.266 e. The van der Waals surface area contributed by atoms with Gasteiger partial charge in [0.15, 0.2) is 6.10 Å². The number of amides is 1. The lowest BCUT2D eigenvalue weighted by atomic mass is 10.0. The number of allylic oxidation sites excluding steroid dienone is 2. The number of benzene rings is 2. The summed E-state index contributed by atoms with van der Waals surface area (Å²) in [5, 5.41) is 21.0. The molecule has 1 N–H and O–H groups in total. The van der Waals surface area contributed by atoms with Crippen LogP contribution in [0.15, 0.2) is 48.2 Å². The summed E-state index contributed by atoms with van der Waals surface area (Å²) in [5.41, 5.74) is 3.32. The molecule has 2 aromatic carbocycles. The minimum atomic E-state index is -0.679. The summed E-state index contributed by atoms with van der Waals surface area (Å²) in [6, 6.07) is 16.4. The number of nitriles is 2. The number of nitrogens with zero attached hydrogens (tertiary/aromatic N) is 3. The highest BCUT2D eigenvalue weighted by atomic mass is 16.5. The van der Waals surface area contributed by atoms with Gasteiger partial charge in [0.25, 0.3) is 11.6 Å². The summed E-state index contributed by atoms with van der Waals surface area (Å²) in [6.07, 6.45) is -0.271. The zero-order chi connectivity index (χ0) is 22.1. The molecule has 0 aliphatic carbocycles. The molecular weight excluding hydrogens is 376 g/mol. The highest BCUT2D eigenvalue weighted by Gasteiger charge is 2.20. The summed E-state index contributed by atoms with van der Waals surface area (Å²) < 4.78 is 5.93. The van der Waals surface area contributed by atoms with Crippen molar-refractivity contribution in [1.82, 2.24) is 0 Å². The molecule has 0 spiro atoms. The number of hydrogen-bond donors (Lipinski definition) is 1. The molecule has 0 aliphatic heterocycles. The monoisotopic (exact) mass is 398 g/mol. The number of hydrogen-bond acceptors (Lipinski definition) is 4. The van der Waals surface area contributed by atoms with E-state index in [1.54, 1.807) is 24.3 Å². The number of carbonyl (C=O) groups excluding carboxylic acids is 1. The van der Waals surface area contributed by atoms with E-state index in [1.165, 1.54) is 0 Å². The topological polar surface area (TPSA) is 90.3 Å². The third kappa shape index (κ3) is 5.47. The molecule has 1 atom stereocenters. The van der Waals surface area contributed by atoms with E-state index in [-0.39, 0.29) is 18.0 Å². The lowest BCUT2D eigenvalue weighted by Gasteiger charge is -2.19. The third-order valence-corrected chi connectivity index (χ3v) is 4.50. The van der Waals surface area contributed by atoms with Crippen LogP contribution in [-0.2, 0) is 4.79 Å². The molecule has 1 unspecified atom stereocenters. The van der Waals surface area contributed by atoms with Crippen molar-refractivity contribution in [3.8, 4) is 17.9 Å². The summed E-state index contributed by atoms with van der Waals surface area (Å²) in [6.45, 7) is 12.9. The predicted octanol–water partition coefficient (Wildman–Crippen LogP) is 5.17. The van der Waals surface area contributed by atoms with Gasteiger partial charge in [0.2, 0.25) is 0 Å². The fraction of sp³-hybridized carbons (Fsp3) is 0.250. The van der Waals surface area contributed by atoms with Crippen molar-refractivity contribution < 1.29 is 9.53 Å². The molecule has 2 rings (SSSR count). The highest BCUT2D eigenvalue weighted by Crippen LogP contribution is 2.26. The molecule has 0 saturated heterocycles. The van der Waals surface area contributed by atoms with Gasteiger partial charge in [0.05, 0.1) is 25.1 Å². The zero-order valence-electron chi connectivity index (χ0n) is 17.2. The van der Waals surface area contributed by atoms with E-state index >= 15 is 0 Å². The molecule has 6 heteroatoms. The van der Waals surface area contributed by atoms with Gasteiger partial charge in [-0.2, -0.15) is 5.26 Å². The standard InChI is InChI=1S/C24H22N4O2/c1-5-22(30-23-10-9-16(2)13-17(23)3)24(29)28-19-8-6-7-18(14-19)20(11-12-25)21(15-26)27-4/h6-10,13-14,22H,5,11H2,1-3H3,(H,28,29)/b21-20-. The largest absolute Gasteiger partial charge is 0.480 e. The molecule has 0 aliphatic rings. The molecule has 0 bridgehead atoms. The van der Waals surface area contributed by atoms with Gasteiger partial charge in [-0.1, -0.05) is 36.8 Å². The SMILES string of the molecule is [C-]#[N+]/C(C#N)=C(/CC#N)c1cccc(NC(=O)C(CC)Oc2ccc(C)cc2C)c1. The molecule has 0 heterocycles. The van der Waals surface area contributed by atoms with Gasteiger partial charge in [-0.05, 0) is 55.2 Å². The van der Waals surface area contributed by atoms with Gasteiger partial charge < -0.3 is 10.1 Å². The quantitative estimate of drug-likeness (QED) is 0.515. The second-order valence-electron chi connectivity index (χ2n) is 6.74. The predicted molar refractivity (Wildman–Crippen MR) is 115 cm³/mol. The first kappa shape index (κ1) is 22.2. The van der Waals surface area contributed by atoms with Crippen molar-refractivity contribution in [2.24, 2.45) is 0 Å². The second kappa shape index (κ2) is 10.5. The van der Waals surface area contributed by atoms with Crippen LogP contribution >= 0.6 is 0 Å². The van der Waals surface area contributed by atoms with Gasteiger partial charge in [-0.15, -0.1) is 0 Å². The normalized spacial score (nSPS) is 11.9. The van der Waals surface area contributed by atoms with E-state index in [4.69, 9.17) is 21.8 Å². The Hall–Kier alpha value is -4.08. The molecule has 0 fully saturated rings. The third-order valence-electron chi connectivity index (χ3n) is 4.50.